The van der Waals surface area contributed by atoms with Gasteiger partial charge in [-0.2, -0.15) is 0 Å². The van der Waals surface area contributed by atoms with E-state index >= 15 is 0 Å². The van der Waals surface area contributed by atoms with Gasteiger partial charge in [-0.05, 0) is 37.6 Å². The summed E-state index contributed by atoms with van der Waals surface area (Å²) < 4.78 is 0. The molecule has 0 bridgehead atoms. The van der Waals surface area contributed by atoms with Gasteiger partial charge in [0.25, 0.3) is 0 Å². The molecule has 13 heavy (non-hydrogen) atoms. The second kappa shape index (κ2) is 3.87. The van der Waals surface area contributed by atoms with Gasteiger partial charge >= 0.3 is 0 Å². The molecule has 1 aliphatic carbocycles. The molecule has 1 N–H and O–H groups in total. The highest BCUT2D eigenvalue weighted by Crippen LogP contribution is 2.45. The molecule has 1 fully saturated rings. The first-order valence-corrected chi connectivity index (χ1v) is 4.60. The van der Waals surface area contributed by atoms with E-state index in [2.05, 4.69) is 17.4 Å². The Morgan fingerprint density at radius 2 is 1.77 bits per heavy atom. The quantitative estimate of drug-likeness (QED) is 0.804. The van der Waals surface area contributed by atoms with Crippen molar-refractivity contribution in [1.82, 2.24) is 5.32 Å². The molecular formula is C10H13Cl2N. The zero-order valence-electron chi connectivity index (χ0n) is 7.51. The van der Waals surface area contributed by atoms with Gasteiger partial charge in [0.05, 0.1) is 0 Å². The molecule has 1 aromatic carbocycles. The first-order chi connectivity index (χ1) is 5.77. The molecule has 1 nitrogen and oxygen atoms in total. The van der Waals surface area contributed by atoms with Gasteiger partial charge < -0.3 is 5.32 Å². The Morgan fingerprint density at radius 1 is 1.23 bits per heavy atom. The second-order valence-electron chi connectivity index (χ2n) is 3.34. The molecule has 0 aromatic heterocycles. The highest BCUT2D eigenvalue weighted by Gasteiger charge is 2.42. The van der Waals surface area contributed by atoms with Crippen LogP contribution in [0, 0.1) is 0 Å². The predicted molar refractivity (Wildman–Crippen MR) is 58.7 cm³/mol. The van der Waals surface area contributed by atoms with Gasteiger partial charge in [-0.3, -0.25) is 0 Å². The molecule has 0 spiro atoms. The predicted octanol–water partition coefficient (Wildman–Crippen LogP) is 2.97. The molecule has 72 valence electrons. The van der Waals surface area contributed by atoms with Crippen LogP contribution < -0.4 is 5.32 Å². The molecule has 3 heteroatoms. The second-order valence-corrected chi connectivity index (χ2v) is 3.78. The Morgan fingerprint density at radius 3 is 2.15 bits per heavy atom. The molecule has 0 unspecified atom stereocenters. The number of rotatable bonds is 2. The van der Waals surface area contributed by atoms with E-state index in [-0.39, 0.29) is 17.9 Å². The monoisotopic (exact) mass is 217 g/mol. The standard InChI is InChI=1S/C10H12ClN.ClH/c1-12-10(6-7-10)8-2-4-9(11)5-3-8;/h2-5,12H,6-7H2,1H3;1H. The van der Waals surface area contributed by atoms with Crippen LogP contribution in [0.2, 0.25) is 5.02 Å². The van der Waals surface area contributed by atoms with Crippen molar-refractivity contribution in [3.8, 4) is 0 Å². The van der Waals surface area contributed by atoms with Gasteiger partial charge in [-0.25, -0.2) is 0 Å². The maximum absolute atomic E-state index is 5.80. The Hall–Kier alpha value is -0.240. The number of halogens is 2. The summed E-state index contributed by atoms with van der Waals surface area (Å²) in [6, 6.07) is 8.11. The minimum absolute atomic E-state index is 0. The van der Waals surface area contributed by atoms with E-state index in [0.29, 0.717) is 0 Å². The van der Waals surface area contributed by atoms with Crippen molar-refractivity contribution in [2.75, 3.05) is 7.05 Å². The topological polar surface area (TPSA) is 12.0 Å². The van der Waals surface area contributed by atoms with Crippen LogP contribution in [0.5, 0.6) is 0 Å². The first-order valence-electron chi connectivity index (χ1n) is 4.22. The third kappa shape index (κ3) is 1.98. The molecule has 0 atom stereocenters. The van der Waals surface area contributed by atoms with E-state index in [1.54, 1.807) is 0 Å². The fourth-order valence-electron chi connectivity index (χ4n) is 1.58. The lowest BCUT2D eigenvalue weighted by molar-refractivity contribution is 0.586. The van der Waals surface area contributed by atoms with E-state index in [0.717, 1.165) is 5.02 Å². The molecule has 0 aliphatic heterocycles. The van der Waals surface area contributed by atoms with Crippen molar-refractivity contribution in [1.29, 1.82) is 0 Å². The Bertz CT molecular complexity index is 277. The summed E-state index contributed by atoms with van der Waals surface area (Å²) >= 11 is 5.80. The van der Waals surface area contributed by atoms with E-state index in [4.69, 9.17) is 11.6 Å². The largest absolute Gasteiger partial charge is 0.310 e. The van der Waals surface area contributed by atoms with E-state index in [1.807, 2.05) is 19.2 Å². The maximum atomic E-state index is 5.80. The zero-order valence-corrected chi connectivity index (χ0v) is 9.08. The van der Waals surface area contributed by atoms with Crippen LogP contribution in [0.4, 0.5) is 0 Å². The van der Waals surface area contributed by atoms with Crippen LogP contribution >= 0.6 is 24.0 Å². The average Bonchev–Trinajstić information content (AvgIpc) is 2.86. The average molecular weight is 218 g/mol. The molecule has 2 rings (SSSR count). The van der Waals surface area contributed by atoms with Gasteiger partial charge in [0.15, 0.2) is 0 Å². The number of hydrogen-bond acceptors (Lipinski definition) is 1. The summed E-state index contributed by atoms with van der Waals surface area (Å²) in [5, 5.41) is 4.16. The molecule has 0 heterocycles. The Labute approximate surface area is 89.9 Å². The van der Waals surface area contributed by atoms with Crippen LogP contribution in [0.25, 0.3) is 0 Å². The molecule has 0 radical (unpaired) electrons. The van der Waals surface area contributed by atoms with Gasteiger partial charge in [-0.15, -0.1) is 12.4 Å². The minimum atomic E-state index is 0. The number of benzene rings is 1. The van der Waals surface area contributed by atoms with Crippen LogP contribution in [0.1, 0.15) is 18.4 Å². The van der Waals surface area contributed by atoms with Crippen molar-refractivity contribution in [3.05, 3.63) is 34.9 Å². The summed E-state index contributed by atoms with van der Waals surface area (Å²) in [6.07, 6.45) is 2.48. The Kier molecular flexibility index (Phi) is 3.23. The van der Waals surface area contributed by atoms with Crippen LogP contribution in [-0.2, 0) is 5.54 Å². The summed E-state index contributed by atoms with van der Waals surface area (Å²) in [7, 11) is 2.02. The minimum Gasteiger partial charge on any atom is -0.310 e. The van der Waals surface area contributed by atoms with Gasteiger partial charge in [0, 0.05) is 10.6 Å². The van der Waals surface area contributed by atoms with Crippen molar-refractivity contribution in [2.24, 2.45) is 0 Å². The Balaban J connectivity index is 0.000000845. The maximum Gasteiger partial charge on any atom is 0.0433 e. The van der Waals surface area contributed by atoms with E-state index < -0.39 is 0 Å². The normalized spacial score (nSPS) is 17.7. The van der Waals surface area contributed by atoms with Crippen LogP contribution in [0.3, 0.4) is 0 Å². The zero-order chi connectivity index (χ0) is 8.60. The lowest BCUT2D eigenvalue weighted by Gasteiger charge is -2.13. The smallest absolute Gasteiger partial charge is 0.0433 e. The van der Waals surface area contributed by atoms with Crippen molar-refractivity contribution in [2.45, 2.75) is 18.4 Å². The third-order valence-electron chi connectivity index (χ3n) is 2.63. The van der Waals surface area contributed by atoms with Crippen LogP contribution in [-0.4, -0.2) is 7.05 Å². The number of hydrogen-bond donors (Lipinski definition) is 1. The summed E-state index contributed by atoms with van der Waals surface area (Å²) in [5.74, 6) is 0. The fraction of sp³-hybridized carbons (Fsp3) is 0.400. The van der Waals surface area contributed by atoms with Crippen LogP contribution in [0.15, 0.2) is 24.3 Å². The van der Waals surface area contributed by atoms with Gasteiger partial charge in [-0.1, -0.05) is 23.7 Å². The summed E-state index contributed by atoms with van der Waals surface area (Å²) in [5.41, 5.74) is 1.62. The van der Waals surface area contributed by atoms with Gasteiger partial charge in [0.1, 0.15) is 0 Å². The molecule has 0 saturated heterocycles. The summed E-state index contributed by atoms with van der Waals surface area (Å²) in [4.78, 5) is 0. The fourth-order valence-corrected chi connectivity index (χ4v) is 1.70. The van der Waals surface area contributed by atoms with E-state index in [9.17, 15) is 0 Å². The van der Waals surface area contributed by atoms with E-state index in [1.165, 1.54) is 18.4 Å². The molecule has 1 aromatic rings. The van der Waals surface area contributed by atoms with Gasteiger partial charge in [0.2, 0.25) is 0 Å². The van der Waals surface area contributed by atoms with Crippen molar-refractivity contribution in [3.63, 3.8) is 0 Å². The lowest BCUT2D eigenvalue weighted by Crippen LogP contribution is -2.24. The number of nitrogens with one attached hydrogen (secondary N) is 1. The molecule has 1 saturated carbocycles. The summed E-state index contributed by atoms with van der Waals surface area (Å²) in [6.45, 7) is 0. The first kappa shape index (κ1) is 10.8. The molecule has 0 amide bonds. The lowest BCUT2D eigenvalue weighted by atomic mass is 10.1. The highest BCUT2D eigenvalue weighted by atomic mass is 35.5. The van der Waals surface area contributed by atoms with Crippen molar-refractivity contribution < 1.29 is 0 Å². The SMILES string of the molecule is CNC1(c2ccc(Cl)cc2)CC1.Cl. The molecular weight excluding hydrogens is 205 g/mol. The molecule has 1 aliphatic rings. The van der Waals surface area contributed by atoms with Crippen molar-refractivity contribution >= 4 is 24.0 Å². The highest BCUT2D eigenvalue weighted by molar-refractivity contribution is 6.30. The third-order valence-corrected chi connectivity index (χ3v) is 2.88.